The molecule has 1 aromatic carbocycles. The van der Waals surface area contributed by atoms with E-state index in [1.807, 2.05) is 0 Å². The molecule has 0 spiro atoms. The van der Waals surface area contributed by atoms with E-state index in [4.69, 9.17) is 10.5 Å². The Labute approximate surface area is 152 Å². The molecule has 1 saturated heterocycles. The van der Waals surface area contributed by atoms with E-state index in [0.717, 1.165) is 43.3 Å². The first-order valence-corrected chi connectivity index (χ1v) is 8.68. The van der Waals surface area contributed by atoms with Gasteiger partial charge >= 0.3 is 0 Å². The topological polar surface area (TPSA) is 51.4 Å². The van der Waals surface area contributed by atoms with E-state index in [-0.39, 0.29) is 23.6 Å². The lowest BCUT2D eigenvalue weighted by atomic mass is 9.90. The standard InChI is InChI=1S/C17H22FN3OS.ClH/c1-17(11-19)6-7-21(12-17)8-14-10-23-16(20-14)9-22-15-4-2-13(18)3-5-15;/h2-5,10H,6-9,11-12,19H2,1H3;1H. The van der Waals surface area contributed by atoms with Gasteiger partial charge in [0.05, 0.1) is 5.69 Å². The van der Waals surface area contributed by atoms with Gasteiger partial charge in [-0.25, -0.2) is 9.37 Å². The Morgan fingerprint density at radius 3 is 2.79 bits per heavy atom. The van der Waals surface area contributed by atoms with Gasteiger partial charge in [0.2, 0.25) is 0 Å². The number of hydrogen-bond donors (Lipinski definition) is 1. The fourth-order valence-corrected chi connectivity index (χ4v) is 3.52. The Morgan fingerprint density at radius 1 is 1.38 bits per heavy atom. The summed E-state index contributed by atoms with van der Waals surface area (Å²) in [5, 5.41) is 3.02. The van der Waals surface area contributed by atoms with E-state index >= 15 is 0 Å². The summed E-state index contributed by atoms with van der Waals surface area (Å²) in [5.41, 5.74) is 7.17. The molecule has 0 radical (unpaired) electrons. The SMILES string of the molecule is CC1(CN)CCN(Cc2csc(COc3ccc(F)cc3)n2)C1.Cl. The maximum absolute atomic E-state index is 12.8. The molecule has 2 aromatic rings. The minimum Gasteiger partial charge on any atom is -0.486 e. The van der Waals surface area contributed by atoms with Gasteiger partial charge in [0.25, 0.3) is 0 Å². The van der Waals surface area contributed by atoms with Crippen molar-refractivity contribution in [3.8, 4) is 5.75 Å². The van der Waals surface area contributed by atoms with Crippen molar-refractivity contribution in [2.45, 2.75) is 26.5 Å². The fraction of sp³-hybridized carbons (Fsp3) is 0.471. The summed E-state index contributed by atoms with van der Waals surface area (Å²) in [7, 11) is 0. The summed E-state index contributed by atoms with van der Waals surface area (Å²) in [6.45, 7) is 6.36. The summed E-state index contributed by atoms with van der Waals surface area (Å²) in [4.78, 5) is 7.04. The smallest absolute Gasteiger partial charge is 0.140 e. The van der Waals surface area contributed by atoms with Gasteiger partial charge in [0.15, 0.2) is 0 Å². The van der Waals surface area contributed by atoms with Crippen LogP contribution in [0.25, 0.3) is 0 Å². The lowest BCUT2D eigenvalue weighted by Crippen LogP contribution is -2.31. The molecule has 1 fully saturated rings. The molecular formula is C17H23ClFN3OS. The molecule has 0 aliphatic carbocycles. The normalized spacial score (nSPS) is 20.8. The summed E-state index contributed by atoms with van der Waals surface area (Å²) < 4.78 is 18.5. The molecular weight excluding hydrogens is 349 g/mol. The molecule has 0 bridgehead atoms. The van der Waals surface area contributed by atoms with E-state index in [0.29, 0.717) is 12.4 Å². The van der Waals surface area contributed by atoms with Crippen LogP contribution in [0.3, 0.4) is 0 Å². The van der Waals surface area contributed by atoms with Gasteiger partial charge in [-0.3, -0.25) is 4.90 Å². The number of likely N-dealkylation sites (tertiary alicyclic amines) is 1. The number of rotatable bonds is 6. The summed E-state index contributed by atoms with van der Waals surface area (Å²) in [6.07, 6.45) is 1.15. The van der Waals surface area contributed by atoms with Crippen molar-refractivity contribution in [2.24, 2.45) is 11.1 Å². The first kappa shape index (κ1) is 19.1. The molecule has 1 unspecified atom stereocenters. The Kier molecular flexibility index (Phi) is 6.57. The summed E-state index contributed by atoms with van der Waals surface area (Å²) >= 11 is 1.60. The van der Waals surface area contributed by atoms with E-state index in [2.05, 4.69) is 22.2 Å². The van der Waals surface area contributed by atoms with Crippen LogP contribution in [0.15, 0.2) is 29.6 Å². The van der Waals surface area contributed by atoms with Crippen LogP contribution in [0.1, 0.15) is 24.0 Å². The van der Waals surface area contributed by atoms with Crippen molar-refractivity contribution < 1.29 is 9.13 Å². The number of benzene rings is 1. The number of ether oxygens (including phenoxy) is 1. The van der Waals surface area contributed by atoms with Crippen molar-refractivity contribution in [2.75, 3.05) is 19.6 Å². The number of halogens is 2. The second kappa shape index (κ2) is 8.25. The quantitative estimate of drug-likeness (QED) is 0.844. The van der Waals surface area contributed by atoms with Gasteiger partial charge in [0.1, 0.15) is 23.2 Å². The molecule has 4 nitrogen and oxygen atoms in total. The van der Waals surface area contributed by atoms with Gasteiger partial charge < -0.3 is 10.5 Å². The molecule has 0 amide bonds. The lowest BCUT2D eigenvalue weighted by molar-refractivity contribution is 0.271. The molecule has 0 saturated carbocycles. The molecule has 2 heterocycles. The van der Waals surface area contributed by atoms with Crippen molar-refractivity contribution in [3.05, 3.63) is 46.2 Å². The van der Waals surface area contributed by atoms with Crippen LogP contribution in [0.4, 0.5) is 4.39 Å². The molecule has 132 valence electrons. The minimum atomic E-state index is -0.260. The van der Waals surface area contributed by atoms with E-state index in [1.54, 1.807) is 23.5 Å². The number of thiazole rings is 1. The Morgan fingerprint density at radius 2 is 2.12 bits per heavy atom. The van der Waals surface area contributed by atoms with E-state index in [1.165, 1.54) is 12.1 Å². The Bertz CT molecular complexity index is 652. The lowest BCUT2D eigenvalue weighted by Gasteiger charge is -2.22. The molecule has 1 aliphatic heterocycles. The third-order valence-electron chi connectivity index (χ3n) is 4.29. The molecule has 7 heteroatoms. The molecule has 3 rings (SSSR count). The Hall–Kier alpha value is -1.21. The number of nitrogens with zero attached hydrogens (tertiary/aromatic N) is 2. The van der Waals surface area contributed by atoms with Crippen molar-refractivity contribution in [1.82, 2.24) is 9.88 Å². The predicted molar refractivity (Wildman–Crippen MR) is 97.1 cm³/mol. The van der Waals surface area contributed by atoms with Crippen LogP contribution >= 0.6 is 23.7 Å². The second-order valence-electron chi connectivity index (χ2n) is 6.45. The van der Waals surface area contributed by atoms with Crippen LogP contribution in [0.5, 0.6) is 5.75 Å². The highest BCUT2D eigenvalue weighted by Crippen LogP contribution is 2.29. The first-order valence-electron chi connectivity index (χ1n) is 7.80. The van der Waals surface area contributed by atoms with E-state index in [9.17, 15) is 4.39 Å². The highest BCUT2D eigenvalue weighted by Gasteiger charge is 2.32. The number of aromatic nitrogens is 1. The number of hydrogen-bond acceptors (Lipinski definition) is 5. The highest BCUT2D eigenvalue weighted by molar-refractivity contribution is 7.09. The average Bonchev–Trinajstić information content (AvgIpc) is 3.15. The summed E-state index contributed by atoms with van der Waals surface area (Å²) in [5.74, 6) is 0.394. The second-order valence-corrected chi connectivity index (χ2v) is 7.39. The van der Waals surface area contributed by atoms with Crippen molar-refractivity contribution in [1.29, 1.82) is 0 Å². The average molecular weight is 372 g/mol. The molecule has 24 heavy (non-hydrogen) atoms. The van der Waals surface area contributed by atoms with Gasteiger partial charge in [-0.15, -0.1) is 23.7 Å². The van der Waals surface area contributed by atoms with Gasteiger partial charge in [-0.05, 0) is 49.2 Å². The van der Waals surface area contributed by atoms with Crippen LogP contribution in [0.2, 0.25) is 0 Å². The van der Waals surface area contributed by atoms with Gasteiger partial charge in [-0.1, -0.05) is 6.92 Å². The van der Waals surface area contributed by atoms with Crippen molar-refractivity contribution >= 4 is 23.7 Å². The molecule has 1 aliphatic rings. The zero-order valence-electron chi connectivity index (χ0n) is 13.7. The molecule has 1 aromatic heterocycles. The van der Waals surface area contributed by atoms with Crippen LogP contribution < -0.4 is 10.5 Å². The van der Waals surface area contributed by atoms with Crippen LogP contribution in [-0.4, -0.2) is 29.5 Å². The van der Waals surface area contributed by atoms with E-state index < -0.39 is 0 Å². The maximum atomic E-state index is 12.8. The third kappa shape index (κ3) is 4.89. The monoisotopic (exact) mass is 371 g/mol. The zero-order chi connectivity index (χ0) is 16.3. The van der Waals surface area contributed by atoms with Gasteiger partial charge in [-0.2, -0.15) is 0 Å². The van der Waals surface area contributed by atoms with Crippen LogP contribution in [0, 0.1) is 11.2 Å². The predicted octanol–water partition coefficient (Wildman–Crippen LogP) is 3.45. The highest BCUT2D eigenvalue weighted by atomic mass is 35.5. The zero-order valence-corrected chi connectivity index (χ0v) is 15.3. The minimum absolute atomic E-state index is 0. The van der Waals surface area contributed by atoms with Gasteiger partial charge in [0, 0.05) is 18.5 Å². The maximum Gasteiger partial charge on any atom is 0.140 e. The largest absolute Gasteiger partial charge is 0.486 e. The molecule has 1 atom stereocenters. The van der Waals surface area contributed by atoms with Crippen LogP contribution in [-0.2, 0) is 13.2 Å². The third-order valence-corrected chi connectivity index (χ3v) is 5.16. The molecule has 2 N–H and O–H groups in total. The summed E-state index contributed by atoms with van der Waals surface area (Å²) in [6, 6.07) is 6.04. The fourth-order valence-electron chi connectivity index (χ4n) is 2.82. The first-order chi connectivity index (χ1) is 11.1. The Balaban J connectivity index is 0.00000208. The number of nitrogens with two attached hydrogens (primary N) is 1. The van der Waals surface area contributed by atoms with Crippen molar-refractivity contribution in [3.63, 3.8) is 0 Å².